The highest BCUT2D eigenvalue weighted by Gasteiger charge is 2.37. The SMILES string of the molecule is C[C@H]1[C@H](C)S(=O)(=O)CCN1C(=O)CCCn1ccnc1. The molecule has 1 aliphatic heterocycles. The highest BCUT2D eigenvalue weighted by Crippen LogP contribution is 2.20. The van der Waals surface area contributed by atoms with Crippen LogP contribution in [-0.4, -0.2) is 52.4 Å². The van der Waals surface area contributed by atoms with Crippen LogP contribution < -0.4 is 0 Å². The fourth-order valence-electron chi connectivity index (χ4n) is 2.50. The lowest BCUT2D eigenvalue weighted by Gasteiger charge is -2.37. The average molecular weight is 299 g/mol. The molecule has 7 heteroatoms. The fourth-order valence-corrected chi connectivity index (χ4v) is 4.07. The Morgan fingerprint density at radius 1 is 1.40 bits per heavy atom. The van der Waals surface area contributed by atoms with E-state index in [0.29, 0.717) is 13.0 Å². The molecule has 0 aliphatic carbocycles. The van der Waals surface area contributed by atoms with E-state index in [1.54, 1.807) is 24.3 Å². The second-order valence-electron chi connectivity index (χ2n) is 5.30. The van der Waals surface area contributed by atoms with E-state index in [1.165, 1.54) is 0 Å². The monoisotopic (exact) mass is 299 g/mol. The summed E-state index contributed by atoms with van der Waals surface area (Å²) in [4.78, 5) is 17.9. The van der Waals surface area contributed by atoms with E-state index in [9.17, 15) is 13.2 Å². The summed E-state index contributed by atoms with van der Waals surface area (Å²) < 4.78 is 25.5. The molecule has 1 amide bonds. The third-order valence-corrected chi connectivity index (χ3v) is 6.32. The molecule has 0 radical (unpaired) electrons. The zero-order valence-corrected chi connectivity index (χ0v) is 12.7. The third kappa shape index (κ3) is 3.20. The van der Waals surface area contributed by atoms with Crippen LogP contribution in [0.2, 0.25) is 0 Å². The van der Waals surface area contributed by atoms with E-state index >= 15 is 0 Å². The van der Waals surface area contributed by atoms with E-state index in [2.05, 4.69) is 4.98 Å². The van der Waals surface area contributed by atoms with Crippen LogP contribution in [0.1, 0.15) is 26.7 Å². The Morgan fingerprint density at radius 2 is 2.15 bits per heavy atom. The normalized spacial score (nSPS) is 25.6. The van der Waals surface area contributed by atoms with Crippen molar-refractivity contribution in [2.75, 3.05) is 12.3 Å². The molecule has 2 rings (SSSR count). The molecule has 0 aromatic carbocycles. The van der Waals surface area contributed by atoms with Gasteiger partial charge < -0.3 is 9.47 Å². The molecule has 1 fully saturated rings. The predicted molar refractivity (Wildman–Crippen MR) is 75.9 cm³/mol. The second kappa shape index (κ2) is 5.95. The molecule has 1 saturated heterocycles. The van der Waals surface area contributed by atoms with Crippen molar-refractivity contribution in [2.24, 2.45) is 0 Å². The van der Waals surface area contributed by atoms with E-state index in [0.717, 1.165) is 13.0 Å². The topological polar surface area (TPSA) is 72.3 Å². The maximum Gasteiger partial charge on any atom is 0.222 e. The smallest absolute Gasteiger partial charge is 0.222 e. The molecule has 0 N–H and O–H groups in total. The van der Waals surface area contributed by atoms with Gasteiger partial charge in [0.1, 0.15) is 0 Å². The number of hydrogen-bond donors (Lipinski definition) is 0. The minimum absolute atomic E-state index is 0.0411. The van der Waals surface area contributed by atoms with Crippen molar-refractivity contribution in [1.29, 1.82) is 0 Å². The molecule has 1 aromatic rings. The number of hydrogen-bond acceptors (Lipinski definition) is 4. The van der Waals surface area contributed by atoms with Crippen molar-refractivity contribution in [3.8, 4) is 0 Å². The minimum Gasteiger partial charge on any atom is -0.338 e. The summed E-state index contributed by atoms with van der Waals surface area (Å²) in [5.74, 6) is 0.116. The average Bonchev–Trinajstić information content (AvgIpc) is 2.89. The van der Waals surface area contributed by atoms with Gasteiger partial charge in [-0.15, -0.1) is 0 Å². The highest BCUT2D eigenvalue weighted by atomic mass is 32.2. The number of imidazole rings is 1. The quantitative estimate of drug-likeness (QED) is 0.820. The molecule has 112 valence electrons. The van der Waals surface area contributed by atoms with Crippen LogP contribution in [0.3, 0.4) is 0 Å². The van der Waals surface area contributed by atoms with Gasteiger partial charge in [-0.3, -0.25) is 4.79 Å². The summed E-state index contributed by atoms with van der Waals surface area (Å²) in [5, 5.41) is -0.478. The molecule has 0 spiro atoms. The summed E-state index contributed by atoms with van der Waals surface area (Å²) in [5.41, 5.74) is 0. The van der Waals surface area contributed by atoms with E-state index < -0.39 is 15.1 Å². The molecular formula is C13H21N3O3S. The molecule has 0 bridgehead atoms. The Hall–Kier alpha value is -1.37. The highest BCUT2D eigenvalue weighted by molar-refractivity contribution is 7.92. The van der Waals surface area contributed by atoms with Gasteiger partial charge in [0, 0.05) is 37.9 Å². The van der Waals surface area contributed by atoms with Gasteiger partial charge in [-0.2, -0.15) is 0 Å². The Balaban J connectivity index is 1.86. The van der Waals surface area contributed by atoms with Gasteiger partial charge in [-0.25, -0.2) is 13.4 Å². The first-order valence-corrected chi connectivity index (χ1v) is 8.60. The Bertz CT molecular complexity index is 553. The Morgan fingerprint density at radius 3 is 2.80 bits per heavy atom. The van der Waals surface area contributed by atoms with Gasteiger partial charge in [0.2, 0.25) is 5.91 Å². The first-order chi connectivity index (χ1) is 9.42. The summed E-state index contributed by atoms with van der Waals surface area (Å²) >= 11 is 0. The van der Waals surface area contributed by atoms with E-state index in [4.69, 9.17) is 0 Å². The number of nitrogens with zero attached hydrogens (tertiary/aromatic N) is 3. The molecule has 1 aromatic heterocycles. The molecule has 20 heavy (non-hydrogen) atoms. The van der Waals surface area contributed by atoms with Crippen molar-refractivity contribution in [1.82, 2.24) is 14.5 Å². The lowest BCUT2D eigenvalue weighted by atomic mass is 10.1. The van der Waals surface area contributed by atoms with Crippen LogP contribution in [0.4, 0.5) is 0 Å². The summed E-state index contributed by atoms with van der Waals surface area (Å²) in [7, 11) is -3.04. The van der Waals surface area contributed by atoms with Crippen molar-refractivity contribution in [3.63, 3.8) is 0 Å². The van der Waals surface area contributed by atoms with Crippen LogP contribution in [0.5, 0.6) is 0 Å². The largest absolute Gasteiger partial charge is 0.338 e. The van der Waals surface area contributed by atoms with Gasteiger partial charge in [0.15, 0.2) is 9.84 Å². The molecular weight excluding hydrogens is 278 g/mol. The van der Waals surface area contributed by atoms with Gasteiger partial charge >= 0.3 is 0 Å². The van der Waals surface area contributed by atoms with Crippen molar-refractivity contribution < 1.29 is 13.2 Å². The zero-order valence-electron chi connectivity index (χ0n) is 11.9. The second-order valence-corrected chi connectivity index (χ2v) is 7.78. The maximum atomic E-state index is 12.2. The number of carbonyl (C=O) groups excluding carboxylic acids is 1. The van der Waals surface area contributed by atoms with Crippen molar-refractivity contribution in [2.45, 2.75) is 44.5 Å². The van der Waals surface area contributed by atoms with Gasteiger partial charge in [-0.1, -0.05) is 0 Å². The molecule has 0 saturated carbocycles. The van der Waals surface area contributed by atoms with Crippen LogP contribution in [0.25, 0.3) is 0 Å². The minimum atomic E-state index is -3.04. The van der Waals surface area contributed by atoms with Crippen molar-refractivity contribution >= 4 is 15.7 Å². The lowest BCUT2D eigenvalue weighted by Crippen LogP contribution is -2.54. The van der Waals surface area contributed by atoms with Gasteiger partial charge in [-0.05, 0) is 20.3 Å². The summed E-state index contributed by atoms with van der Waals surface area (Å²) in [6.45, 7) is 4.57. The zero-order chi connectivity index (χ0) is 14.8. The molecule has 2 heterocycles. The molecule has 6 nitrogen and oxygen atoms in total. The van der Waals surface area contributed by atoms with Crippen molar-refractivity contribution in [3.05, 3.63) is 18.7 Å². The standard InChI is InChI=1S/C13H21N3O3S/c1-11-12(2)20(18,19)9-8-16(11)13(17)4-3-6-15-7-5-14-10-15/h5,7,10-12H,3-4,6,8-9H2,1-2H3/t11-,12-/m0/s1. The first kappa shape index (κ1) is 15.0. The van der Waals surface area contributed by atoms with Crippen LogP contribution in [0.15, 0.2) is 18.7 Å². The van der Waals surface area contributed by atoms with Crippen LogP contribution in [0, 0.1) is 0 Å². The van der Waals surface area contributed by atoms with Crippen LogP contribution >= 0.6 is 0 Å². The van der Waals surface area contributed by atoms with Crippen LogP contribution in [-0.2, 0) is 21.2 Å². The third-order valence-electron chi connectivity index (χ3n) is 4.04. The number of carbonyl (C=O) groups is 1. The van der Waals surface area contributed by atoms with E-state index in [-0.39, 0.29) is 17.7 Å². The first-order valence-electron chi connectivity index (χ1n) is 6.88. The van der Waals surface area contributed by atoms with Gasteiger partial charge in [0.05, 0.1) is 17.3 Å². The maximum absolute atomic E-state index is 12.2. The predicted octanol–water partition coefficient (Wildman–Crippen LogP) is 0.697. The lowest BCUT2D eigenvalue weighted by molar-refractivity contribution is -0.133. The van der Waals surface area contributed by atoms with Gasteiger partial charge in [0.25, 0.3) is 0 Å². The molecule has 0 unspecified atom stereocenters. The number of aryl methyl sites for hydroxylation is 1. The number of sulfone groups is 1. The Labute approximate surface area is 119 Å². The van der Waals surface area contributed by atoms with E-state index in [1.807, 2.05) is 17.7 Å². The summed E-state index contributed by atoms with van der Waals surface area (Å²) in [6, 6.07) is -0.241. The number of rotatable bonds is 4. The number of amides is 1. The molecule has 2 atom stereocenters. The molecule has 1 aliphatic rings. The fraction of sp³-hybridized carbons (Fsp3) is 0.692. The Kier molecular flexibility index (Phi) is 4.47. The summed E-state index contributed by atoms with van der Waals surface area (Å²) in [6.07, 6.45) is 6.47. The number of aromatic nitrogens is 2.